The number of para-hydroxylation sites is 1. The molecule has 3 rings (SSSR count). The number of amides is 1. The monoisotopic (exact) mass is 376 g/mol. The first-order valence-electron chi connectivity index (χ1n) is 9.20. The number of Topliss-reactive ketones (excluding diaryl/α,β-unsaturated/α-hetero) is 1. The van der Waals surface area contributed by atoms with Crippen molar-refractivity contribution in [2.24, 2.45) is 0 Å². The summed E-state index contributed by atoms with van der Waals surface area (Å²) in [5.74, 6) is 0.524. The molecule has 0 radical (unpaired) electrons. The van der Waals surface area contributed by atoms with Gasteiger partial charge in [-0.1, -0.05) is 42.5 Å². The van der Waals surface area contributed by atoms with E-state index in [1.807, 2.05) is 54.6 Å². The molecule has 1 aromatic heterocycles. The first kappa shape index (κ1) is 19.4. The van der Waals surface area contributed by atoms with Crippen molar-refractivity contribution in [3.63, 3.8) is 0 Å². The molecule has 0 atom stereocenters. The van der Waals surface area contributed by atoms with Crippen LogP contribution in [0.3, 0.4) is 0 Å². The summed E-state index contributed by atoms with van der Waals surface area (Å²) in [5, 5.41) is 2.94. The van der Waals surface area contributed by atoms with Crippen molar-refractivity contribution in [1.29, 1.82) is 0 Å². The molecule has 3 aromatic rings. The second-order valence-electron chi connectivity index (χ2n) is 6.73. The van der Waals surface area contributed by atoms with Crippen molar-refractivity contribution >= 4 is 11.7 Å². The molecule has 0 spiro atoms. The van der Waals surface area contributed by atoms with Crippen molar-refractivity contribution < 1.29 is 14.3 Å². The zero-order valence-corrected chi connectivity index (χ0v) is 16.3. The zero-order chi connectivity index (χ0) is 20.1. The molecule has 0 aliphatic heterocycles. The Bertz CT molecular complexity index is 990. The van der Waals surface area contributed by atoms with E-state index in [0.29, 0.717) is 35.7 Å². The van der Waals surface area contributed by atoms with E-state index in [9.17, 15) is 9.59 Å². The number of hydrogen-bond donors (Lipinski definition) is 2. The molecule has 2 N–H and O–H groups in total. The summed E-state index contributed by atoms with van der Waals surface area (Å²) < 4.78 is 5.83. The fourth-order valence-corrected chi connectivity index (χ4v) is 3.32. The molecule has 0 aliphatic carbocycles. The summed E-state index contributed by atoms with van der Waals surface area (Å²) in [4.78, 5) is 27.4. The summed E-state index contributed by atoms with van der Waals surface area (Å²) in [6, 6.07) is 17.5. The van der Waals surface area contributed by atoms with Crippen LogP contribution in [0.1, 0.15) is 50.2 Å². The molecule has 5 nitrogen and oxygen atoms in total. The van der Waals surface area contributed by atoms with Crippen LogP contribution in [0, 0.1) is 13.8 Å². The molecular weight excluding hydrogens is 352 g/mol. The van der Waals surface area contributed by atoms with Crippen molar-refractivity contribution in [3.8, 4) is 5.75 Å². The Balaban J connectivity index is 1.69. The van der Waals surface area contributed by atoms with Crippen LogP contribution in [0.2, 0.25) is 0 Å². The van der Waals surface area contributed by atoms with E-state index in [-0.39, 0.29) is 11.7 Å². The highest BCUT2D eigenvalue weighted by atomic mass is 16.5. The largest absolute Gasteiger partial charge is 0.489 e. The Kier molecular flexibility index (Phi) is 5.94. The molecule has 0 bridgehead atoms. The lowest BCUT2D eigenvalue weighted by Gasteiger charge is -2.12. The van der Waals surface area contributed by atoms with Gasteiger partial charge in [0.2, 0.25) is 0 Å². The van der Waals surface area contributed by atoms with Crippen LogP contribution in [0.25, 0.3) is 0 Å². The van der Waals surface area contributed by atoms with Gasteiger partial charge in [0.25, 0.3) is 5.91 Å². The molecule has 1 amide bonds. The highest BCUT2D eigenvalue weighted by molar-refractivity contribution is 6.02. The molecule has 5 heteroatoms. The Morgan fingerprint density at radius 1 is 0.964 bits per heavy atom. The SMILES string of the molecule is CC(=O)c1c(C)[nH]c(C(=O)NCc2ccccc2COc2ccccc2)c1C. The van der Waals surface area contributed by atoms with Crippen LogP contribution in [-0.4, -0.2) is 16.7 Å². The van der Waals surface area contributed by atoms with Gasteiger partial charge >= 0.3 is 0 Å². The average molecular weight is 376 g/mol. The van der Waals surface area contributed by atoms with E-state index in [4.69, 9.17) is 4.74 Å². The van der Waals surface area contributed by atoms with Crippen LogP contribution < -0.4 is 10.1 Å². The molecule has 144 valence electrons. The summed E-state index contributed by atoms with van der Waals surface area (Å²) >= 11 is 0. The normalized spacial score (nSPS) is 10.5. The molecule has 28 heavy (non-hydrogen) atoms. The second-order valence-corrected chi connectivity index (χ2v) is 6.73. The highest BCUT2D eigenvalue weighted by Gasteiger charge is 2.19. The fraction of sp³-hybridized carbons (Fsp3) is 0.217. The van der Waals surface area contributed by atoms with Gasteiger partial charge in [-0.05, 0) is 49.6 Å². The van der Waals surface area contributed by atoms with Crippen molar-refractivity contribution in [2.45, 2.75) is 33.9 Å². The average Bonchev–Trinajstić information content (AvgIpc) is 3.00. The van der Waals surface area contributed by atoms with E-state index in [1.165, 1.54) is 6.92 Å². The molecule has 0 saturated carbocycles. The summed E-state index contributed by atoms with van der Waals surface area (Å²) in [6.45, 7) is 5.90. The third kappa shape index (κ3) is 4.31. The number of ketones is 1. The zero-order valence-electron chi connectivity index (χ0n) is 16.3. The van der Waals surface area contributed by atoms with Crippen LogP contribution in [0.15, 0.2) is 54.6 Å². The molecule has 1 heterocycles. The smallest absolute Gasteiger partial charge is 0.268 e. The van der Waals surface area contributed by atoms with Gasteiger partial charge in [0.1, 0.15) is 18.1 Å². The van der Waals surface area contributed by atoms with Gasteiger partial charge in [-0.3, -0.25) is 9.59 Å². The molecule has 0 aliphatic rings. The van der Waals surface area contributed by atoms with Crippen molar-refractivity contribution in [1.82, 2.24) is 10.3 Å². The second kappa shape index (κ2) is 8.57. The minimum Gasteiger partial charge on any atom is -0.489 e. The van der Waals surface area contributed by atoms with E-state index >= 15 is 0 Å². The number of nitrogens with one attached hydrogen (secondary N) is 2. The van der Waals surface area contributed by atoms with Crippen LogP contribution >= 0.6 is 0 Å². The Hall–Kier alpha value is -3.34. The number of H-pyrrole nitrogens is 1. The number of ether oxygens (including phenoxy) is 1. The third-order valence-electron chi connectivity index (χ3n) is 4.71. The number of hydrogen-bond acceptors (Lipinski definition) is 3. The predicted octanol–water partition coefficient (Wildman–Crippen LogP) is 4.34. The van der Waals surface area contributed by atoms with Gasteiger partial charge in [0, 0.05) is 17.8 Å². The number of carbonyl (C=O) groups excluding carboxylic acids is 2. The lowest BCUT2D eigenvalue weighted by atomic mass is 10.1. The summed E-state index contributed by atoms with van der Waals surface area (Å²) in [7, 11) is 0. The number of aryl methyl sites for hydroxylation is 1. The molecule has 0 fully saturated rings. The Morgan fingerprint density at radius 3 is 2.25 bits per heavy atom. The minimum absolute atomic E-state index is 0.0475. The van der Waals surface area contributed by atoms with E-state index < -0.39 is 0 Å². The maximum atomic E-state index is 12.6. The topological polar surface area (TPSA) is 71.2 Å². The van der Waals surface area contributed by atoms with E-state index in [0.717, 1.165) is 16.9 Å². The van der Waals surface area contributed by atoms with Crippen molar-refractivity contribution in [3.05, 3.63) is 88.2 Å². The number of rotatable bonds is 7. The maximum Gasteiger partial charge on any atom is 0.268 e. The predicted molar refractivity (Wildman–Crippen MR) is 109 cm³/mol. The highest BCUT2D eigenvalue weighted by Crippen LogP contribution is 2.19. The number of aromatic nitrogens is 1. The molecule has 2 aromatic carbocycles. The van der Waals surface area contributed by atoms with Crippen molar-refractivity contribution in [2.75, 3.05) is 0 Å². The molecular formula is C23H24N2O3. The first-order valence-corrected chi connectivity index (χ1v) is 9.20. The lowest BCUT2D eigenvalue weighted by molar-refractivity contribution is 0.0945. The third-order valence-corrected chi connectivity index (χ3v) is 4.71. The van der Waals surface area contributed by atoms with Crippen LogP contribution in [-0.2, 0) is 13.2 Å². The van der Waals surface area contributed by atoms with Gasteiger partial charge in [-0.25, -0.2) is 0 Å². The summed E-state index contributed by atoms with van der Waals surface area (Å²) in [6.07, 6.45) is 0. The van der Waals surface area contributed by atoms with Crippen LogP contribution in [0.5, 0.6) is 5.75 Å². The quantitative estimate of drug-likeness (QED) is 0.603. The standard InChI is InChI=1S/C23H24N2O3/c1-15-21(17(3)26)16(2)25-22(15)23(27)24-13-18-9-7-8-10-19(18)14-28-20-11-5-4-6-12-20/h4-12,25H,13-14H2,1-3H3,(H,24,27). The molecule has 0 saturated heterocycles. The van der Waals surface area contributed by atoms with E-state index in [2.05, 4.69) is 10.3 Å². The van der Waals surface area contributed by atoms with Crippen LogP contribution in [0.4, 0.5) is 0 Å². The minimum atomic E-state index is -0.230. The first-order chi connectivity index (χ1) is 13.5. The number of benzene rings is 2. The van der Waals surface area contributed by atoms with E-state index in [1.54, 1.807) is 13.8 Å². The summed E-state index contributed by atoms with van der Waals surface area (Å²) in [5.41, 5.74) is 4.41. The Labute approximate surface area is 164 Å². The van der Waals surface area contributed by atoms with Gasteiger partial charge < -0.3 is 15.0 Å². The number of carbonyl (C=O) groups is 2. The Morgan fingerprint density at radius 2 is 1.61 bits per heavy atom. The van der Waals surface area contributed by atoms with Gasteiger partial charge in [0.05, 0.1) is 0 Å². The maximum absolute atomic E-state index is 12.6. The number of aromatic amines is 1. The van der Waals surface area contributed by atoms with Gasteiger partial charge in [0.15, 0.2) is 5.78 Å². The van der Waals surface area contributed by atoms with Gasteiger partial charge in [-0.15, -0.1) is 0 Å². The fourth-order valence-electron chi connectivity index (χ4n) is 3.32. The lowest BCUT2D eigenvalue weighted by Crippen LogP contribution is -2.24. The molecule has 0 unspecified atom stereocenters. The van der Waals surface area contributed by atoms with Gasteiger partial charge in [-0.2, -0.15) is 0 Å².